The van der Waals surface area contributed by atoms with Gasteiger partial charge in [0.1, 0.15) is 5.75 Å². The SMILES string of the molecule is C=C(C)C(=O)OC(C)OCCC(F)(F)CS(=O)(=O)O. The summed E-state index contributed by atoms with van der Waals surface area (Å²) in [5, 5.41) is 0. The molecule has 0 aliphatic rings. The molecule has 19 heavy (non-hydrogen) atoms. The number of rotatable bonds is 8. The number of carbonyl (C=O) groups is 1. The second-order valence-corrected chi connectivity index (χ2v) is 5.41. The Morgan fingerprint density at radius 3 is 2.42 bits per heavy atom. The minimum absolute atomic E-state index is 0.132. The van der Waals surface area contributed by atoms with Crippen molar-refractivity contribution >= 4 is 16.1 Å². The number of hydrogen-bond acceptors (Lipinski definition) is 5. The Hall–Kier alpha value is -1.06. The van der Waals surface area contributed by atoms with E-state index in [4.69, 9.17) is 9.29 Å². The van der Waals surface area contributed by atoms with Crippen LogP contribution in [0.25, 0.3) is 0 Å². The van der Waals surface area contributed by atoms with Crippen molar-refractivity contribution in [1.29, 1.82) is 0 Å². The van der Waals surface area contributed by atoms with Crippen LogP contribution in [0.5, 0.6) is 0 Å². The Bertz CT molecular complexity index is 431. The highest BCUT2D eigenvalue weighted by molar-refractivity contribution is 7.85. The van der Waals surface area contributed by atoms with Crippen molar-refractivity contribution < 1.29 is 36.0 Å². The van der Waals surface area contributed by atoms with E-state index in [1.807, 2.05) is 0 Å². The highest BCUT2D eigenvalue weighted by Gasteiger charge is 2.34. The maximum absolute atomic E-state index is 13.0. The van der Waals surface area contributed by atoms with E-state index in [-0.39, 0.29) is 5.57 Å². The van der Waals surface area contributed by atoms with Crippen LogP contribution in [0.2, 0.25) is 0 Å². The van der Waals surface area contributed by atoms with E-state index in [2.05, 4.69) is 11.3 Å². The Morgan fingerprint density at radius 1 is 1.47 bits per heavy atom. The van der Waals surface area contributed by atoms with Crippen LogP contribution in [0.4, 0.5) is 8.78 Å². The average Bonchev–Trinajstić information content (AvgIpc) is 2.12. The Kier molecular flexibility index (Phi) is 6.53. The first-order chi connectivity index (χ1) is 8.43. The zero-order valence-electron chi connectivity index (χ0n) is 10.6. The summed E-state index contributed by atoms with van der Waals surface area (Å²) in [6.45, 7) is 5.52. The smallest absolute Gasteiger partial charge is 0.335 e. The van der Waals surface area contributed by atoms with Gasteiger partial charge in [-0.15, -0.1) is 0 Å². The maximum atomic E-state index is 13.0. The molecule has 1 atom stereocenters. The summed E-state index contributed by atoms with van der Waals surface area (Å²) in [5.74, 6) is -6.02. The molecule has 6 nitrogen and oxygen atoms in total. The molecular weight excluding hydrogens is 286 g/mol. The van der Waals surface area contributed by atoms with Gasteiger partial charge in [-0.05, 0) is 13.8 Å². The molecule has 0 rings (SSSR count). The third kappa shape index (κ3) is 9.51. The molecule has 0 amide bonds. The summed E-state index contributed by atoms with van der Waals surface area (Å²) < 4.78 is 64.4. The van der Waals surface area contributed by atoms with E-state index in [1.54, 1.807) is 0 Å². The lowest BCUT2D eigenvalue weighted by molar-refractivity contribution is -0.172. The molecule has 0 aliphatic carbocycles. The zero-order valence-corrected chi connectivity index (χ0v) is 11.4. The zero-order chi connectivity index (χ0) is 15.3. The minimum atomic E-state index is -4.77. The van der Waals surface area contributed by atoms with Crippen molar-refractivity contribution in [2.45, 2.75) is 32.5 Å². The molecule has 0 aromatic rings. The quantitative estimate of drug-likeness (QED) is 0.315. The van der Waals surface area contributed by atoms with Crippen LogP contribution < -0.4 is 0 Å². The van der Waals surface area contributed by atoms with Gasteiger partial charge in [-0.2, -0.15) is 8.42 Å². The monoisotopic (exact) mass is 302 g/mol. The number of halogens is 2. The predicted octanol–water partition coefficient (Wildman–Crippen LogP) is 1.38. The van der Waals surface area contributed by atoms with Gasteiger partial charge in [0.2, 0.25) is 0 Å². The predicted molar refractivity (Wildman–Crippen MR) is 62.3 cm³/mol. The molecule has 112 valence electrons. The Balaban J connectivity index is 4.09. The molecule has 0 radical (unpaired) electrons. The third-order valence-electron chi connectivity index (χ3n) is 1.84. The van der Waals surface area contributed by atoms with E-state index >= 15 is 0 Å². The van der Waals surface area contributed by atoms with E-state index < -0.39 is 47.1 Å². The van der Waals surface area contributed by atoms with E-state index in [0.29, 0.717) is 0 Å². The van der Waals surface area contributed by atoms with E-state index in [1.165, 1.54) is 13.8 Å². The standard InChI is InChI=1S/C10H16F2O6S/c1-7(2)9(13)18-8(3)17-5-4-10(11,12)6-19(14,15)16/h8H,1,4-6H2,2-3H3,(H,14,15,16). The van der Waals surface area contributed by atoms with Gasteiger partial charge in [-0.1, -0.05) is 6.58 Å². The van der Waals surface area contributed by atoms with Gasteiger partial charge in [0.25, 0.3) is 16.0 Å². The average molecular weight is 302 g/mol. The molecule has 1 N–H and O–H groups in total. The van der Waals surface area contributed by atoms with Crippen LogP contribution in [0.3, 0.4) is 0 Å². The van der Waals surface area contributed by atoms with Gasteiger partial charge < -0.3 is 9.47 Å². The number of hydrogen-bond donors (Lipinski definition) is 1. The second kappa shape index (κ2) is 6.92. The minimum Gasteiger partial charge on any atom is -0.433 e. The van der Waals surface area contributed by atoms with Gasteiger partial charge in [0, 0.05) is 12.0 Å². The first-order valence-electron chi connectivity index (χ1n) is 5.24. The molecule has 0 aromatic heterocycles. The lowest BCUT2D eigenvalue weighted by atomic mass is 10.3. The van der Waals surface area contributed by atoms with Crippen molar-refractivity contribution in [2.75, 3.05) is 12.4 Å². The van der Waals surface area contributed by atoms with E-state index in [0.717, 1.165) is 0 Å². The Morgan fingerprint density at radius 2 is 2.00 bits per heavy atom. The summed E-state index contributed by atoms with van der Waals surface area (Å²) in [6.07, 6.45) is -1.99. The lowest BCUT2D eigenvalue weighted by Crippen LogP contribution is -2.30. The molecular formula is C10H16F2O6S. The van der Waals surface area contributed by atoms with Crippen LogP contribution in [0, 0.1) is 0 Å². The first kappa shape index (κ1) is 17.9. The number of carbonyl (C=O) groups excluding carboxylic acids is 1. The maximum Gasteiger partial charge on any atom is 0.335 e. The second-order valence-electron chi connectivity index (χ2n) is 3.96. The molecule has 0 spiro atoms. The van der Waals surface area contributed by atoms with Crippen LogP contribution in [-0.4, -0.2) is 43.5 Å². The van der Waals surface area contributed by atoms with Crippen LogP contribution >= 0.6 is 0 Å². The van der Waals surface area contributed by atoms with Crippen LogP contribution in [0.1, 0.15) is 20.3 Å². The van der Waals surface area contributed by atoms with E-state index in [9.17, 15) is 22.0 Å². The first-order valence-corrected chi connectivity index (χ1v) is 6.85. The molecule has 0 fully saturated rings. The normalized spacial score (nSPS) is 13.9. The van der Waals surface area contributed by atoms with Gasteiger partial charge in [-0.3, -0.25) is 4.55 Å². The van der Waals surface area contributed by atoms with Crippen LogP contribution in [0.15, 0.2) is 12.2 Å². The summed E-state index contributed by atoms with van der Waals surface area (Å²) in [5.41, 5.74) is 0.132. The molecule has 1 unspecified atom stereocenters. The molecule has 0 bridgehead atoms. The van der Waals surface area contributed by atoms with Gasteiger partial charge in [0.05, 0.1) is 6.61 Å². The highest BCUT2D eigenvalue weighted by atomic mass is 32.2. The molecule has 0 aromatic carbocycles. The third-order valence-corrected chi connectivity index (χ3v) is 2.62. The van der Waals surface area contributed by atoms with Gasteiger partial charge >= 0.3 is 5.97 Å². The van der Waals surface area contributed by atoms with Gasteiger partial charge in [-0.25, -0.2) is 13.6 Å². The molecule has 0 heterocycles. The van der Waals surface area contributed by atoms with Crippen molar-refractivity contribution in [2.24, 2.45) is 0 Å². The fourth-order valence-electron chi connectivity index (χ4n) is 0.999. The summed E-state index contributed by atoms with van der Waals surface area (Å²) >= 11 is 0. The van der Waals surface area contributed by atoms with Gasteiger partial charge in [0.15, 0.2) is 6.29 Å². The van der Waals surface area contributed by atoms with Crippen LogP contribution in [-0.2, 0) is 24.4 Å². The fraction of sp³-hybridized carbons (Fsp3) is 0.700. The number of esters is 1. The summed E-state index contributed by atoms with van der Waals surface area (Å²) in [7, 11) is -4.77. The number of ether oxygens (including phenoxy) is 2. The topological polar surface area (TPSA) is 89.9 Å². The number of alkyl halides is 2. The summed E-state index contributed by atoms with van der Waals surface area (Å²) in [6, 6.07) is 0. The summed E-state index contributed by atoms with van der Waals surface area (Å²) in [4.78, 5) is 11.0. The van der Waals surface area contributed by atoms with Crippen molar-refractivity contribution in [3.8, 4) is 0 Å². The molecule has 0 aliphatic heterocycles. The molecule has 0 saturated carbocycles. The largest absolute Gasteiger partial charge is 0.433 e. The molecule has 0 saturated heterocycles. The molecule has 9 heteroatoms. The van der Waals surface area contributed by atoms with Crippen molar-refractivity contribution in [3.63, 3.8) is 0 Å². The Labute approximate surface area is 110 Å². The van der Waals surface area contributed by atoms with Crippen molar-refractivity contribution in [3.05, 3.63) is 12.2 Å². The van der Waals surface area contributed by atoms with Crippen molar-refractivity contribution in [1.82, 2.24) is 0 Å². The fourth-order valence-corrected chi connectivity index (χ4v) is 1.68. The lowest BCUT2D eigenvalue weighted by Gasteiger charge is -2.17. The highest BCUT2D eigenvalue weighted by Crippen LogP contribution is 2.20.